The molecule has 1 N–H and O–H groups in total. The second kappa shape index (κ2) is 6.10. The molecule has 4 nitrogen and oxygen atoms in total. The zero-order valence-electron chi connectivity index (χ0n) is 12.3. The van der Waals surface area contributed by atoms with Gasteiger partial charge >= 0.3 is 0 Å². The summed E-state index contributed by atoms with van der Waals surface area (Å²) in [4.78, 5) is 4.33. The van der Waals surface area contributed by atoms with Crippen LogP contribution in [0, 0.1) is 5.92 Å². The molecule has 0 aromatic carbocycles. The van der Waals surface area contributed by atoms with E-state index in [1.807, 2.05) is 13.2 Å². The van der Waals surface area contributed by atoms with Crippen LogP contribution < -0.4 is 10.1 Å². The lowest BCUT2D eigenvalue weighted by atomic mass is 9.81. The Hall–Kier alpha value is -1.13. The van der Waals surface area contributed by atoms with Crippen LogP contribution in [-0.2, 0) is 4.74 Å². The molecule has 3 rings (SSSR count). The second-order valence-corrected chi connectivity index (χ2v) is 5.84. The number of hydrogen-bond acceptors (Lipinski definition) is 4. The highest BCUT2D eigenvalue weighted by Gasteiger charge is 2.44. The fraction of sp³-hybridized carbons (Fsp3) is 0.688. The Labute approximate surface area is 120 Å². The lowest BCUT2D eigenvalue weighted by Gasteiger charge is -2.28. The van der Waals surface area contributed by atoms with Crippen molar-refractivity contribution in [3.05, 3.63) is 24.0 Å². The Morgan fingerprint density at radius 3 is 3.00 bits per heavy atom. The van der Waals surface area contributed by atoms with Gasteiger partial charge in [0.2, 0.25) is 0 Å². The Bertz CT molecular complexity index is 452. The van der Waals surface area contributed by atoms with Gasteiger partial charge < -0.3 is 14.8 Å². The van der Waals surface area contributed by atoms with E-state index in [0.717, 1.165) is 25.2 Å². The number of fused-ring (bicyclic) bond motifs is 2. The van der Waals surface area contributed by atoms with Crippen molar-refractivity contribution >= 4 is 0 Å². The Balaban J connectivity index is 1.75. The molecule has 4 unspecified atom stereocenters. The fourth-order valence-electron chi connectivity index (χ4n) is 3.56. The normalized spacial score (nSPS) is 29.6. The van der Waals surface area contributed by atoms with Crippen molar-refractivity contribution < 1.29 is 9.47 Å². The molecule has 2 aliphatic heterocycles. The van der Waals surface area contributed by atoms with Crippen molar-refractivity contribution in [3.63, 3.8) is 0 Å². The first-order chi connectivity index (χ1) is 9.81. The van der Waals surface area contributed by atoms with E-state index in [-0.39, 0.29) is 0 Å². The summed E-state index contributed by atoms with van der Waals surface area (Å²) in [6, 6.07) is 2.43. The summed E-state index contributed by atoms with van der Waals surface area (Å²) >= 11 is 0. The number of nitrogens with one attached hydrogen (secondary N) is 1. The van der Waals surface area contributed by atoms with E-state index in [4.69, 9.17) is 9.47 Å². The molecule has 0 amide bonds. The molecule has 0 spiro atoms. The molecular formula is C16H24N2O2. The smallest absolute Gasteiger partial charge is 0.137 e. The van der Waals surface area contributed by atoms with E-state index in [1.54, 1.807) is 6.20 Å². The molecule has 1 aromatic rings. The summed E-state index contributed by atoms with van der Waals surface area (Å²) in [5.74, 6) is 1.43. The molecule has 0 radical (unpaired) electrons. The summed E-state index contributed by atoms with van der Waals surface area (Å²) in [6.07, 6.45) is 9.25. The van der Waals surface area contributed by atoms with Crippen LogP contribution in [0.3, 0.4) is 0 Å². The molecule has 0 aliphatic carbocycles. The lowest BCUT2D eigenvalue weighted by Crippen LogP contribution is -2.31. The average molecular weight is 276 g/mol. The summed E-state index contributed by atoms with van der Waals surface area (Å²) < 4.78 is 11.7. The molecule has 4 atom stereocenters. The molecule has 2 bridgehead atoms. The third kappa shape index (κ3) is 2.67. The first kappa shape index (κ1) is 13.8. The molecule has 0 saturated carbocycles. The molecule has 110 valence electrons. The van der Waals surface area contributed by atoms with Crippen molar-refractivity contribution in [1.29, 1.82) is 0 Å². The Kier molecular flexibility index (Phi) is 4.22. The minimum Gasteiger partial charge on any atom is -0.492 e. The van der Waals surface area contributed by atoms with E-state index in [9.17, 15) is 0 Å². The highest BCUT2D eigenvalue weighted by Crippen LogP contribution is 2.44. The van der Waals surface area contributed by atoms with Crippen LogP contribution in [0.2, 0.25) is 0 Å². The van der Waals surface area contributed by atoms with Gasteiger partial charge in [0.05, 0.1) is 25.0 Å². The molecule has 2 aliphatic rings. The maximum absolute atomic E-state index is 5.99. The maximum atomic E-state index is 5.99. The highest BCUT2D eigenvalue weighted by molar-refractivity contribution is 5.27. The van der Waals surface area contributed by atoms with Crippen molar-refractivity contribution in [2.24, 2.45) is 5.92 Å². The van der Waals surface area contributed by atoms with Crippen LogP contribution in [0.25, 0.3) is 0 Å². The van der Waals surface area contributed by atoms with Crippen LogP contribution in [0.4, 0.5) is 0 Å². The Morgan fingerprint density at radius 1 is 1.45 bits per heavy atom. The van der Waals surface area contributed by atoms with E-state index >= 15 is 0 Å². The summed E-state index contributed by atoms with van der Waals surface area (Å²) in [7, 11) is 2.02. The van der Waals surface area contributed by atoms with E-state index < -0.39 is 0 Å². The predicted molar refractivity (Wildman–Crippen MR) is 77.8 cm³/mol. The zero-order chi connectivity index (χ0) is 13.9. The second-order valence-electron chi connectivity index (χ2n) is 5.84. The third-order valence-corrected chi connectivity index (χ3v) is 4.46. The average Bonchev–Trinajstić information content (AvgIpc) is 3.09. The molecular weight excluding hydrogens is 252 g/mol. The van der Waals surface area contributed by atoms with E-state index in [2.05, 4.69) is 23.3 Å². The van der Waals surface area contributed by atoms with Gasteiger partial charge in [0.1, 0.15) is 5.75 Å². The fourth-order valence-corrected chi connectivity index (χ4v) is 3.56. The van der Waals surface area contributed by atoms with Gasteiger partial charge in [-0.25, -0.2) is 0 Å². The van der Waals surface area contributed by atoms with Gasteiger partial charge in [-0.15, -0.1) is 0 Å². The first-order valence-electron chi connectivity index (χ1n) is 7.72. The van der Waals surface area contributed by atoms with Gasteiger partial charge in [0, 0.05) is 18.2 Å². The zero-order valence-corrected chi connectivity index (χ0v) is 12.3. The number of rotatable bonds is 6. The van der Waals surface area contributed by atoms with Crippen LogP contribution in [0.5, 0.6) is 5.75 Å². The van der Waals surface area contributed by atoms with Crippen molar-refractivity contribution in [3.8, 4) is 5.75 Å². The van der Waals surface area contributed by atoms with Gasteiger partial charge in [-0.3, -0.25) is 4.98 Å². The first-order valence-corrected chi connectivity index (χ1v) is 7.72. The van der Waals surface area contributed by atoms with E-state index in [1.165, 1.54) is 18.4 Å². The number of nitrogens with zero attached hydrogens (tertiary/aromatic N) is 1. The van der Waals surface area contributed by atoms with Gasteiger partial charge in [0.25, 0.3) is 0 Å². The lowest BCUT2D eigenvalue weighted by molar-refractivity contribution is 0.0862. The Morgan fingerprint density at radius 2 is 2.35 bits per heavy atom. The van der Waals surface area contributed by atoms with Crippen LogP contribution in [0.15, 0.2) is 18.5 Å². The number of hydrogen-bond donors (Lipinski definition) is 1. The van der Waals surface area contributed by atoms with Gasteiger partial charge in [-0.1, -0.05) is 6.92 Å². The third-order valence-electron chi connectivity index (χ3n) is 4.46. The van der Waals surface area contributed by atoms with Gasteiger partial charge in [-0.2, -0.15) is 0 Å². The minimum absolute atomic E-state index is 0.308. The SMILES string of the molecule is CCCOc1cncc(C(NC)C2CC3CCC2O3)c1. The number of ether oxygens (including phenoxy) is 2. The van der Waals surface area contributed by atoms with Crippen molar-refractivity contribution in [1.82, 2.24) is 10.3 Å². The standard InChI is InChI=1S/C16H24N2O2/c1-3-6-19-13-7-11(9-18-10-13)16(17-2)14-8-12-4-5-15(14)20-12/h7,9-10,12,14-17H,3-6,8H2,1-2H3. The molecule has 2 fully saturated rings. The molecule has 2 saturated heterocycles. The minimum atomic E-state index is 0.308. The molecule has 3 heterocycles. The molecule has 1 aromatic heterocycles. The van der Waals surface area contributed by atoms with E-state index in [0.29, 0.717) is 24.2 Å². The quantitative estimate of drug-likeness (QED) is 0.867. The summed E-state index contributed by atoms with van der Waals surface area (Å²) in [5, 5.41) is 3.45. The van der Waals surface area contributed by atoms with Crippen LogP contribution in [0.1, 0.15) is 44.2 Å². The summed E-state index contributed by atoms with van der Waals surface area (Å²) in [5.41, 5.74) is 1.21. The van der Waals surface area contributed by atoms with Crippen molar-refractivity contribution in [2.75, 3.05) is 13.7 Å². The number of aromatic nitrogens is 1. The maximum Gasteiger partial charge on any atom is 0.137 e. The molecule has 20 heavy (non-hydrogen) atoms. The summed E-state index contributed by atoms with van der Waals surface area (Å²) in [6.45, 7) is 2.85. The van der Waals surface area contributed by atoms with Crippen molar-refractivity contribution in [2.45, 2.75) is 50.9 Å². The number of pyridine rings is 1. The predicted octanol–water partition coefficient (Wildman–Crippen LogP) is 2.70. The van der Waals surface area contributed by atoms with Gasteiger partial charge in [0.15, 0.2) is 0 Å². The van der Waals surface area contributed by atoms with Gasteiger partial charge in [-0.05, 0) is 44.4 Å². The molecule has 4 heteroatoms. The highest BCUT2D eigenvalue weighted by atomic mass is 16.5. The topological polar surface area (TPSA) is 43.4 Å². The van der Waals surface area contributed by atoms with Crippen LogP contribution >= 0.6 is 0 Å². The monoisotopic (exact) mass is 276 g/mol. The largest absolute Gasteiger partial charge is 0.492 e. The van der Waals surface area contributed by atoms with Crippen LogP contribution in [-0.4, -0.2) is 30.8 Å².